The predicted octanol–water partition coefficient (Wildman–Crippen LogP) is 2.80. The molecule has 0 bridgehead atoms. The molecule has 1 amide bonds. The van der Waals surface area contributed by atoms with Crippen LogP contribution in [0.2, 0.25) is 0 Å². The molecule has 23 heavy (non-hydrogen) atoms. The fraction of sp³-hybridized carbons (Fsp3) is 0.211. The minimum atomic E-state index is -0.383. The number of amides is 1. The lowest BCUT2D eigenvalue weighted by Crippen LogP contribution is -2.33. The number of hydrogen-bond donors (Lipinski definition) is 2. The molecule has 2 N–H and O–H groups in total. The molecule has 1 heterocycles. The van der Waals surface area contributed by atoms with Gasteiger partial charge in [0, 0.05) is 11.2 Å². The van der Waals surface area contributed by atoms with Crippen LogP contribution in [0.5, 0.6) is 0 Å². The molecule has 3 rings (SSSR count). The van der Waals surface area contributed by atoms with E-state index in [-0.39, 0.29) is 25.1 Å². The monoisotopic (exact) mass is 308 g/mol. The van der Waals surface area contributed by atoms with Gasteiger partial charge in [-0.05, 0) is 30.0 Å². The summed E-state index contributed by atoms with van der Waals surface area (Å²) in [7, 11) is 0. The van der Waals surface area contributed by atoms with E-state index in [0.717, 1.165) is 22.2 Å². The third-order valence-electron chi connectivity index (χ3n) is 4.04. The van der Waals surface area contributed by atoms with Crippen LogP contribution in [0.3, 0.4) is 0 Å². The summed E-state index contributed by atoms with van der Waals surface area (Å²) in [6, 6.07) is 19.2. The normalized spacial score (nSPS) is 12.3. The van der Waals surface area contributed by atoms with E-state index >= 15 is 0 Å². The third-order valence-corrected chi connectivity index (χ3v) is 4.04. The van der Waals surface area contributed by atoms with Gasteiger partial charge < -0.3 is 15.0 Å². The van der Waals surface area contributed by atoms with Crippen molar-refractivity contribution in [3.63, 3.8) is 0 Å². The Labute approximate surface area is 135 Å². The summed E-state index contributed by atoms with van der Waals surface area (Å²) in [5.74, 6) is -0.114. The SMILES string of the molecule is Cc1cc2ccccc2n1CC(=O)NC(CO)c1ccccc1. The summed E-state index contributed by atoms with van der Waals surface area (Å²) in [5, 5.41) is 13.6. The number of aliphatic hydroxyl groups excluding tert-OH is 1. The Morgan fingerprint density at radius 2 is 1.83 bits per heavy atom. The molecule has 118 valence electrons. The van der Waals surface area contributed by atoms with Crippen LogP contribution in [0.25, 0.3) is 10.9 Å². The van der Waals surface area contributed by atoms with Crippen molar-refractivity contribution in [1.29, 1.82) is 0 Å². The smallest absolute Gasteiger partial charge is 0.240 e. The maximum Gasteiger partial charge on any atom is 0.240 e. The Kier molecular flexibility index (Phi) is 4.44. The number of aliphatic hydroxyl groups is 1. The Bertz CT molecular complexity index is 809. The number of aromatic nitrogens is 1. The number of para-hydroxylation sites is 1. The van der Waals surface area contributed by atoms with Crippen LogP contribution in [0, 0.1) is 6.92 Å². The summed E-state index contributed by atoms with van der Waals surface area (Å²) in [6.45, 7) is 2.11. The summed E-state index contributed by atoms with van der Waals surface area (Å²) in [4.78, 5) is 12.4. The molecule has 4 nitrogen and oxygen atoms in total. The van der Waals surface area contributed by atoms with Gasteiger partial charge in [0.2, 0.25) is 5.91 Å². The number of nitrogens with one attached hydrogen (secondary N) is 1. The minimum absolute atomic E-state index is 0.114. The van der Waals surface area contributed by atoms with Crippen LogP contribution < -0.4 is 5.32 Å². The van der Waals surface area contributed by atoms with Crippen LogP contribution >= 0.6 is 0 Å². The zero-order valence-corrected chi connectivity index (χ0v) is 13.1. The number of hydrogen-bond acceptors (Lipinski definition) is 2. The number of carbonyl (C=O) groups is 1. The Morgan fingerprint density at radius 3 is 2.57 bits per heavy atom. The van der Waals surface area contributed by atoms with Gasteiger partial charge in [0.05, 0.1) is 12.6 Å². The maximum atomic E-state index is 12.4. The molecule has 0 aliphatic heterocycles. The molecule has 0 aliphatic carbocycles. The van der Waals surface area contributed by atoms with Crippen molar-refractivity contribution in [2.75, 3.05) is 6.61 Å². The number of nitrogens with zero attached hydrogens (tertiary/aromatic N) is 1. The first kappa shape index (κ1) is 15.3. The van der Waals surface area contributed by atoms with Gasteiger partial charge in [-0.25, -0.2) is 0 Å². The Balaban J connectivity index is 1.77. The van der Waals surface area contributed by atoms with Gasteiger partial charge in [-0.3, -0.25) is 4.79 Å². The van der Waals surface area contributed by atoms with Crippen molar-refractivity contribution in [1.82, 2.24) is 9.88 Å². The van der Waals surface area contributed by atoms with Crippen molar-refractivity contribution < 1.29 is 9.90 Å². The Hall–Kier alpha value is -2.59. The fourth-order valence-electron chi connectivity index (χ4n) is 2.86. The van der Waals surface area contributed by atoms with Crippen LogP contribution in [0.15, 0.2) is 60.7 Å². The summed E-state index contributed by atoms with van der Waals surface area (Å²) in [6.07, 6.45) is 0. The Morgan fingerprint density at radius 1 is 1.13 bits per heavy atom. The second-order valence-corrected chi connectivity index (χ2v) is 5.64. The molecule has 0 aliphatic rings. The molecule has 0 saturated carbocycles. The second-order valence-electron chi connectivity index (χ2n) is 5.64. The molecule has 0 saturated heterocycles. The van der Waals surface area contributed by atoms with Crippen LogP contribution in [-0.2, 0) is 11.3 Å². The number of fused-ring (bicyclic) bond motifs is 1. The summed E-state index contributed by atoms with van der Waals surface area (Å²) in [5.41, 5.74) is 2.99. The van der Waals surface area contributed by atoms with Gasteiger partial charge in [-0.1, -0.05) is 48.5 Å². The van der Waals surface area contributed by atoms with E-state index in [1.54, 1.807) is 0 Å². The van der Waals surface area contributed by atoms with Crippen LogP contribution in [0.1, 0.15) is 17.3 Å². The third kappa shape index (κ3) is 3.27. The van der Waals surface area contributed by atoms with Crippen LogP contribution in [-0.4, -0.2) is 22.2 Å². The standard InChI is InChI=1S/C19H20N2O2/c1-14-11-16-9-5-6-10-18(16)21(14)12-19(23)20-17(13-22)15-7-3-2-4-8-15/h2-11,17,22H,12-13H2,1H3,(H,20,23). The zero-order valence-electron chi connectivity index (χ0n) is 13.1. The molecule has 2 aromatic carbocycles. The van der Waals surface area contributed by atoms with Crippen LogP contribution in [0.4, 0.5) is 0 Å². The largest absolute Gasteiger partial charge is 0.394 e. The highest BCUT2D eigenvalue weighted by atomic mass is 16.3. The molecule has 3 aromatic rings. The van der Waals surface area contributed by atoms with E-state index in [0.29, 0.717) is 0 Å². The molecule has 1 atom stereocenters. The molecule has 0 radical (unpaired) electrons. The molecule has 1 unspecified atom stereocenters. The first-order valence-corrected chi connectivity index (χ1v) is 7.69. The van der Waals surface area contributed by atoms with E-state index in [4.69, 9.17) is 0 Å². The lowest BCUT2D eigenvalue weighted by molar-refractivity contribution is -0.122. The molecule has 4 heteroatoms. The maximum absolute atomic E-state index is 12.4. The number of aryl methyl sites for hydroxylation is 1. The predicted molar refractivity (Wildman–Crippen MR) is 91.1 cm³/mol. The molecule has 1 aromatic heterocycles. The lowest BCUT2D eigenvalue weighted by atomic mass is 10.1. The van der Waals surface area contributed by atoms with E-state index < -0.39 is 0 Å². The van der Waals surface area contributed by atoms with Gasteiger partial charge in [-0.15, -0.1) is 0 Å². The van der Waals surface area contributed by atoms with Crippen molar-refractivity contribution >= 4 is 16.8 Å². The van der Waals surface area contributed by atoms with Gasteiger partial charge in [0.25, 0.3) is 0 Å². The molecular formula is C19H20N2O2. The van der Waals surface area contributed by atoms with E-state index in [1.807, 2.05) is 66.1 Å². The fourth-order valence-corrected chi connectivity index (χ4v) is 2.86. The molecular weight excluding hydrogens is 288 g/mol. The molecule has 0 fully saturated rings. The zero-order chi connectivity index (χ0) is 16.2. The quantitative estimate of drug-likeness (QED) is 0.761. The highest BCUT2D eigenvalue weighted by molar-refractivity contribution is 5.84. The van der Waals surface area contributed by atoms with Crippen molar-refractivity contribution in [3.8, 4) is 0 Å². The highest BCUT2D eigenvalue weighted by Gasteiger charge is 2.15. The lowest BCUT2D eigenvalue weighted by Gasteiger charge is -2.17. The van der Waals surface area contributed by atoms with E-state index in [9.17, 15) is 9.90 Å². The van der Waals surface area contributed by atoms with E-state index in [2.05, 4.69) is 11.4 Å². The summed E-state index contributed by atoms with van der Waals surface area (Å²) >= 11 is 0. The highest BCUT2D eigenvalue weighted by Crippen LogP contribution is 2.19. The van der Waals surface area contributed by atoms with E-state index in [1.165, 1.54) is 0 Å². The minimum Gasteiger partial charge on any atom is -0.394 e. The van der Waals surface area contributed by atoms with Gasteiger partial charge >= 0.3 is 0 Å². The topological polar surface area (TPSA) is 54.3 Å². The number of benzene rings is 2. The first-order chi connectivity index (χ1) is 11.2. The van der Waals surface area contributed by atoms with Gasteiger partial charge in [0.15, 0.2) is 0 Å². The van der Waals surface area contributed by atoms with Gasteiger partial charge in [-0.2, -0.15) is 0 Å². The molecule has 0 spiro atoms. The number of rotatable bonds is 5. The number of carbonyl (C=O) groups excluding carboxylic acids is 1. The average Bonchev–Trinajstić information content (AvgIpc) is 2.89. The first-order valence-electron chi connectivity index (χ1n) is 7.69. The van der Waals surface area contributed by atoms with Crippen molar-refractivity contribution in [3.05, 3.63) is 71.9 Å². The van der Waals surface area contributed by atoms with Crippen molar-refractivity contribution in [2.24, 2.45) is 0 Å². The van der Waals surface area contributed by atoms with Crippen molar-refractivity contribution in [2.45, 2.75) is 19.5 Å². The average molecular weight is 308 g/mol. The van der Waals surface area contributed by atoms with Gasteiger partial charge in [0.1, 0.15) is 6.54 Å². The summed E-state index contributed by atoms with van der Waals surface area (Å²) < 4.78 is 1.99. The second kappa shape index (κ2) is 6.67.